The normalized spacial score (nSPS) is 21.0. The van der Waals surface area contributed by atoms with E-state index < -0.39 is 8.56 Å². The summed E-state index contributed by atoms with van der Waals surface area (Å²) in [7, 11) is -1.97. The van der Waals surface area contributed by atoms with Gasteiger partial charge in [0.15, 0.2) is 0 Å². The van der Waals surface area contributed by atoms with Crippen molar-refractivity contribution in [3.05, 3.63) is 0 Å². The maximum absolute atomic E-state index is 6.32. The first-order chi connectivity index (χ1) is 7.99. The van der Waals surface area contributed by atoms with Gasteiger partial charge in [0.2, 0.25) is 0 Å². The summed E-state index contributed by atoms with van der Waals surface area (Å²) in [6, 6.07) is 0. The number of hydrogen-bond donors (Lipinski definition) is 0. The lowest BCUT2D eigenvalue weighted by atomic mass is 9.77. The SMILES string of the molecule is CCCO[Si](C)(C)OC(CC)C1(CC)COC1. The van der Waals surface area contributed by atoms with E-state index in [0.29, 0.717) is 6.10 Å². The van der Waals surface area contributed by atoms with Gasteiger partial charge in [-0.15, -0.1) is 0 Å². The summed E-state index contributed by atoms with van der Waals surface area (Å²) in [4.78, 5) is 0. The molecule has 0 bridgehead atoms. The van der Waals surface area contributed by atoms with Gasteiger partial charge in [-0.05, 0) is 32.4 Å². The van der Waals surface area contributed by atoms with Gasteiger partial charge in [-0.1, -0.05) is 20.8 Å². The zero-order chi connectivity index (χ0) is 12.9. The maximum Gasteiger partial charge on any atom is 0.331 e. The number of rotatable bonds is 8. The summed E-state index contributed by atoms with van der Waals surface area (Å²) < 4.78 is 17.6. The van der Waals surface area contributed by atoms with Gasteiger partial charge in [-0.25, -0.2) is 0 Å². The largest absolute Gasteiger partial charge is 0.395 e. The molecule has 17 heavy (non-hydrogen) atoms. The fourth-order valence-corrected chi connectivity index (χ4v) is 4.21. The molecule has 1 atom stereocenters. The van der Waals surface area contributed by atoms with Crippen LogP contribution in [-0.2, 0) is 13.6 Å². The minimum Gasteiger partial charge on any atom is -0.395 e. The van der Waals surface area contributed by atoms with Crippen LogP contribution in [0.4, 0.5) is 0 Å². The quantitative estimate of drug-likeness (QED) is 0.627. The van der Waals surface area contributed by atoms with Crippen molar-refractivity contribution in [2.24, 2.45) is 5.41 Å². The van der Waals surface area contributed by atoms with E-state index in [1.807, 2.05) is 0 Å². The van der Waals surface area contributed by atoms with Crippen molar-refractivity contribution in [3.63, 3.8) is 0 Å². The van der Waals surface area contributed by atoms with E-state index in [4.69, 9.17) is 13.6 Å². The molecule has 0 amide bonds. The predicted octanol–water partition coefficient (Wildman–Crippen LogP) is 3.34. The Morgan fingerprint density at radius 1 is 1.24 bits per heavy atom. The second-order valence-electron chi connectivity index (χ2n) is 5.47. The molecule has 0 aliphatic carbocycles. The van der Waals surface area contributed by atoms with E-state index in [9.17, 15) is 0 Å². The highest BCUT2D eigenvalue weighted by atomic mass is 28.4. The van der Waals surface area contributed by atoms with Gasteiger partial charge in [0.25, 0.3) is 0 Å². The minimum absolute atomic E-state index is 0.245. The van der Waals surface area contributed by atoms with Gasteiger partial charge in [0.05, 0.1) is 19.3 Å². The molecule has 1 heterocycles. The third kappa shape index (κ3) is 3.78. The summed E-state index contributed by atoms with van der Waals surface area (Å²) in [5, 5.41) is 0. The zero-order valence-electron chi connectivity index (χ0n) is 12.0. The van der Waals surface area contributed by atoms with Crippen LogP contribution in [0, 0.1) is 5.41 Å². The highest BCUT2D eigenvalue weighted by molar-refractivity contribution is 6.64. The predicted molar refractivity (Wildman–Crippen MR) is 72.4 cm³/mol. The summed E-state index contributed by atoms with van der Waals surface area (Å²) in [5.74, 6) is 0. The lowest BCUT2D eigenvalue weighted by Crippen LogP contribution is -2.55. The van der Waals surface area contributed by atoms with Gasteiger partial charge >= 0.3 is 8.56 Å². The Kier molecular flexibility index (Phi) is 5.63. The van der Waals surface area contributed by atoms with Gasteiger partial charge in [-0.3, -0.25) is 0 Å². The molecule has 1 unspecified atom stereocenters. The molecular weight excluding hydrogens is 232 g/mol. The fourth-order valence-electron chi connectivity index (χ4n) is 2.35. The van der Waals surface area contributed by atoms with Crippen LogP contribution in [0.3, 0.4) is 0 Å². The van der Waals surface area contributed by atoms with Crippen LogP contribution in [0.15, 0.2) is 0 Å². The monoisotopic (exact) mass is 260 g/mol. The maximum atomic E-state index is 6.32. The van der Waals surface area contributed by atoms with Crippen LogP contribution in [0.5, 0.6) is 0 Å². The molecule has 3 nitrogen and oxygen atoms in total. The van der Waals surface area contributed by atoms with E-state index >= 15 is 0 Å². The topological polar surface area (TPSA) is 27.7 Å². The average Bonchev–Trinajstić information content (AvgIpc) is 2.24. The van der Waals surface area contributed by atoms with Crippen molar-refractivity contribution >= 4 is 8.56 Å². The Labute approximate surface area is 107 Å². The van der Waals surface area contributed by atoms with E-state index in [-0.39, 0.29) is 5.41 Å². The summed E-state index contributed by atoms with van der Waals surface area (Å²) in [6.45, 7) is 13.4. The molecule has 1 saturated heterocycles. The van der Waals surface area contributed by atoms with Crippen LogP contribution in [-0.4, -0.2) is 34.5 Å². The first-order valence-electron chi connectivity index (χ1n) is 6.89. The standard InChI is InChI=1S/C13H28O3Si/c1-6-9-15-17(4,5)16-12(7-2)13(8-3)10-14-11-13/h12H,6-11H2,1-5H3. The number of hydrogen-bond acceptors (Lipinski definition) is 3. The summed E-state index contributed by atoms with van der Waals surface area (Å²) in [6.07, 6.45) is 3.52. The van der Waals surface area contributed by atoms with Crippen molar-refractivity contribution in [2.45, 2.75) is 59.2 Å². The van der Waals surface area contributed by atoms with Crippen LogP contribution in [0.25, 0.3) is 0 Å². The van der Waals surface area contributed by atoms with Gasteiger partial charge in [-0.2, -0.15) is 0 Å². The number of ether oxygens (including phenoxy) is 1. The molecule has 0 aromatic heterocycles. The molecule has 4 heteroatoms. The van der Waals surface area contributed by atoms with Crippen molar-refractivity contribution < 1.29 is 13.6 Å². The van der Waals surface area contributed by atoms with Gasteiger partial charge < -0.3 is 13.6 Å². The molecule has 0 saturated carbocycles. The summed E-state index contributed by atoms with van der Waals surface area (Å²) >= 11 is 0. The van der Waals surface area contributed by atoms with E-state index in [1.54, 1.807) is 0 Å². The first kappa shape index (κ1) is 15.2. The third-order valence-corrected chi connectivity index (χ3v) is 5.37. The fraction of sp³-hybridized carbons (Fsp3) is 1.00. The van der Waals surface area contributed by atoms with Crippen molar-refractivity contribution in [1.82, 2.24) is 0 Å². The lowest BCUT2D eigenvalue weighted by molar-refractivity contribution is -0.172. The average molecular weight is 260 g/mol. The molecular formula is C13H28O3Si. The van der Waals surface area contributed by atoms with Crippen molar-refractivity contribution in [2.75, 3.05) is 19.8 Å². The zero-order valence-corrected chi connectivity index (χ0v) is 13.0. The van der Waals surface area contributed by atoms with E-state index in [1.165, 1.54) is 0 Å². The van der Waals surface area contributed by atoms with Gasteiger partial charge in [0, 0.05) is 12.0 Å². The molecule has 0 radical (unpaired) electrons. The molecule has 0 aromatic rings. The van der Waals surface area contributed by atoms with Crippen LogP contribution >= 0.6 is 0 Å². The van der Waals surface area contributed by atoms with Crippen LogP contribution in [0.2, 0.25) is 13.1 Å². The van der Waals surface area contributed by atoms with E-state index in [2.05, 4.69) is 33.9 Å². The Bertz CT molecular complexity index is 221. The highest BCUT2D eigenvalue weighted by Crippen LogP contribution is 2.39. The molecule has 0 spiro atoms. The van der Waals surface area contributed by atoms with Gasteiger partial charge in [0.1, 0.15) is 0 Å². The molecule has 0 N–H and O–H groups in total. The molecule has 1 aliphatic heterocycles. The van der Waals surface area contributed by atoms with Crippen molar-refractivity contribution in [1.29, 1.82) is 0 Å². The first-order valence-corrected chi connectivity index (χ1v) is 9.71. The Morgan fingerprint density at radius 2 is 1.88 bits per heavy atom. The molecule has 0 aromatic carbocycles. The molecule has 1 rings (SSSR count). The highest BCUT2D eigenvalue weighted by Gasteiger charge is 2.46. The van der Waals surface area contributed by atoms with Crippen molar-refractivity contribution in [3.8, 4) is 0 Å². The van der Waals surface area contributed by atoms with E-state index in [0.717, 1.165) is 39.1 Å². The van der Waals surface area contributed by atoms with Crippen LogP contribution in [0.1, 0.15) is 40.0 Å². The molecule has 1 fully saturated rings. The smallest absolute Gasteiger partial charge is 0.331 e. The second kappa shape index (κ2) is 6.32. The Morgan fingerprint density at radius 3 is 2.24 bits per heavy atom. The lowest BCUT2D eigenvalue weighted by Gasteiger charge is -2.48. The van der Waals surface area contributed by atoms with Crippen LogP contribution < -0.4 is 0 Å². The Balaban J connectivity index is 2.56. The molecule has 1 aliphatic rings. The molecule has 102 valence electrons. The third-order valence-electron chi connectivity index (χ3n) is 3.62. The summed E-state index contributed by atoms with van der Waals surface area (Å²) in [5.41, 5.74) is 0.245. The second-order valence-corrected chi connectivity index (χ2v) is 8.80. The minimum atomic E-state index is -1.97. The Hall–Kier alpha value is 0.0969.